The zero-order chi connectivity index (χ0) is 23.4. The van der Waals surface area contributed by atoms with Gasteiger partial charge in [-0.3, -0.25) is 4.79 Å². The van der Waals surface area contributed by atoms with E-state index in [1.54, 1.807) is 24.4 Å². The quantitative estimate of drug-likeness (QED) is 0.294. The van der Waals surface area contributed by atoms with Crippen molar-refractivity contribution in [2.24, 2.45) is 5.10 Å². The molecule has 0 aliphatic carbocycles. The minimum atomic E-state index is -1.08. The second-order valence-electron chi connectivity index (χ2n) is 7.02. The van der Waals surface area contributed by atoms with E-state index in [-0.39, 0.29) is 11.5 Å². The lowest BCUT2D eigenvalue weighted by Gasteiger charge is -2.14. The summed E-state index contributed by atoms with van der Waals surface area (Å²) in [5.41, 5.74) is 1.02. The lowest BCUT2D eigenvalue weighted by atomic mass is 10.1. The summed E-state index contributed by atoms with van der Waals surface area (Å²) in [7, 11) is 1.47. The molecule has 0 radical (unpaired) electrons. The lowest BCUT2D eigenvalue weighted by molar-refractivity contribution is -0.139. The Bertz CT molecular complexity index is 1260. The highest BCUT2D eigenvalue weighted by Gasteiger charge is 2.16. The number of carboxylic acids is 1. The van der Waals surface area contributed by atoms with Crippen molar-refractivity contribution >= 4 is 61.6 Å². The van der Waals surface area contributed by atoms with Crippen LogP contribution >= 0.6 is 38.5 Å². The Morgan fingerprint density at radius 1 is 1.38 bits per heavy atom. The molecule has 168 valence electrons. The molecule has 0 saturated carbocycles. The molecule has 0 amide bonds. The van der Waals surface area contributed by atoms with E-state index in [0.29, 0.717) is 37.4 Å². The smallest absolute Gasteiger partial charge is 0.341 e. The minimum absolute atomic E-state index is 0.0226. The Balaban J connectivity index is 2.09. The monoisotopic (exact) mass is 613 g/mol. The van der Waals surface area contributed by atoms with Crippen molar-refractivity contribution in [3.8, 4) is 11.5 Å². The first kappa shape index (κ1) is 24.2. The van der Waals surface area contributed by atoms with Gasteiger partial charge in [-0.05, 0) is 64.9 Å². The van der Waals surface area contributed by atoms with Gasteiger partial charge in [-0.15, -0.1) is 0 Å². The van der Waals surface area contributed by atoms with Crippen LogP contribution in [-0.2, 0) is 4.79 Å². The van der Waals surface area contributed by atoms with Gasteiger partial charge in [-0.1, -0.05) is 29.8 Å². The third-order valence-electron chi connectivity index (χ3n) is 4.80. The van der Waals surface area contributed by atoms with Gasteiger partial charge in [0.1, 0.15) is 5.82 Å². The molecule has 1 atom stereocenters. The molecule has 1 heterocycles. The Kier molecular flexibility index (Phi) is 7.88. The minimum Gasteiger partial charge on any atom is -0.493 e. The van der Waals surface area contributed by atoms with Crippen molar-refractivity contribution in [3.05, 3.63) is 60.1 Å². The Hall–Kier alpha value is -2.47. The number of methoxy groups -OCH3 is 1. The first-order chi connectivity index (χ1) is 15.2. The Morgan fingerprint density at radius 2 is 2.12 bits per heavy atom. The van der Waals surface area contributed by atoms with Gasteiger partial charge in [0.15, 0.2) is 18.1 Å². The summed E-state index contributed by atoms with van der Waals surface area (Å²) in [6.07, 6.45) is 2.34. The number of halogens is 2. The number of hydrogen-bond acceptors (Lipinski definition) is 6. The van der Waals surface area contributed by atoms with Gasteiger partial charge in [0.05, 0.1) is 27.8 Å². The van der Waals surface area contributed by atoms with Gasteiger partial charge in [0, 0.05) is 10.4 Å². The fraction of sp³-hybridized carbons (Fsp3) is 0.273. The second-order valence-corrected chi connectivity index (χ2v) is 9.10. The molecule has 32 heavy (non-hydrogen) atoms. The molecule has 10 heteroatoms. The molecule has 0 aliphatic rings. The summed E-state index contributed by atoms with van der Waals surface area (Å²) in [5, 5.41) is 13.8. The fourth-order valence-electron chi connectivity index (χ4n) is 2.99. The van der Waals surface area contributed by atoms with Gasteiger partial charge >= 0.3 is 5.97 Å². The van der Waals surface area contributed by atoms with E-state index >= 15 is 0 Å². The van der Waals surface area contributed by atoms with Gasteiger partial charge in [0.2, 0.25) is 0 Å². The number of rotatable bonds is 8. The predicted molar refractivity (Wildman–Crippen MR) is 134 cm³/mol. The maximum Gasteiger partial charge on any atom is 0.341 e. The van der Waals surface area contributed by atoms with Crippen LogP contribution in [0.2, 0.25) is 0 Å². The van der Waals surface area contributed by atoms with Crippen molar-refractivity contribution < 1.29 is 19.4 Å². The number of nitrogens with zero attached hydrogens (tertiary/aromatic N) is 3. The zero-order valence-electron chi connectivity index (χ0n) is 17.6. The van der Waals surface area contributed by atoms with Crippen LogP contribution in [0.15, 0.2) is 44.7 Å². The molecule has 2 aromatic carbocycles. The van der Waals surface area contributed by atoms with E-state index in [4.69, 9.17) is 19.6 Å². The first-order valence-electron chi connectivity index (χ1n) is 9.73. The molecular formula is C22H21BrIN3O5. The summed E-state index contributed by atoms with van der Waals surface area (Å²) < 4.78 is 13.5. The standard InChI is InChI=1S/C22H21BrIN3O5/c1-4-12(2)21-26-17-6-5-14(23)9-15(17)22(30)27(21)25-10-13-7-16(24)20(18(8-13)31-3)32-11-19(28)29/h5-10,12H,4,11H2,1-3H3,(H,28,29)/t12-/m0/s1. The highest BCUT2D eigenvalue weighted by atomic mass is 127. The number of carboxylic acid groups (broad SMARTS) is 1. The summed E-state index contributed by atoms with van der Waals surface area (Å²) in [5.74, 6) is 0.221. The van der Waals surface area contributed by atoms with Crippen LogP contribution in [0.1, 0.15) is 37.6 Å². The van der Waals surface area contributed by atoms with Gasteiger partial charge < -0.3 is 14.6 Å². The molecule has 1 aromatic heterocycles. The predicted octanol–water partition coefficient (Wildman–Crippen LogP) is 4.63. The summed E-state index contributed by atoms with van der Waals surface area (Å²) >= 11 is 5.44. The molecule has 0 aliphatic heterocycles. The van der Waals surface area contributed by atoms with Gasteiger partial charge in [-0.2, -0.15) is 9.78 Å². The lowest BCUT2D eigenvalue weighted by Crippen LogP contribution is -2.23. The van der Waals surface area contributed by atoms with Gasteiger partial charge in [-0.25, -0.2) is 9.78 Å². The SMILES string of the molecule is CC[C@H](C)c1nc2ccc(Br)cc2c(=O)n1N=Cc1cc(I)c(OCC(=O)O)c(OC)c1. The largest absolute Gasteiger partial charge is 0.493 e. The molecule has 3 aromatic rings. The van der Waals surface area contributed by atoms with E-state index in [9.17, 15) is 9.59 Å². The van der Waals surface area contributed by atoms with Crippen LogP contribution in [0.3, 0.4) is 0 Å². The third kappa shape index (κ3) is 5.29. The molecule has 0 unspecified atom stereocenters. The van der Waals surface area contributed by atoms with Crippen LogP contribution in [0.4, 0.5) is 0 Å². The van der Waals surface area contributed by atoms with Crippen molar-refractivity contribution in [2.75, 3.05) is 13.7 Å². The van der Waals surface area contributed by atoms with Crippen LogP contribution in [-0.4, -0.2) is 40.7 Å². The van der Waals surface area contributed by atoms with Crippen molar-refractivity contribution in [2.45, 2.75) is 26.2 Å². The van der Waals surface area contributed by atoms with Crippen molar-refractivity contribution in [1.29, 1.82) is 0 Å². The average Bonchev–Trinajstić information content (AvgIpc) is 2.76. The molecule has 0 spiro atoms. The molecule has 0 saturated heterocycles. The van der Waals surface area contributed by atoms with E-state index in [1.807, 2.05) is 48.6 Å². The number of fused-ring (bicyclic) bond motifs is 1. The topological polar surface area (TPSA) is 103 Å². The maximum absolute atomic E-state index is 13.2. The first-order valence-corrected chi connectivity index (χ1v) is 11.6. The summed E-state index contributed by atoms with van der Waals surface area (Å²) in [6, 6.07) is 8.83. The number of ether oxygens (including phenoxy) is 2. The van der Waals surface area contributed by atoms with E-state index < -0.39 is 12.6 Å². The number of aliphatic carboxylic acids is 1. The Labute approximate surface area is 206 Å². The molecule has 1 N–H and O–H groups in total. The van der Waals surface area contributed by atoms with E-state index in [2.05, 4.69) is 21.0 Å². The van der Waals surface area contributed by atoms with Crippen molar-refractivity contribution in [1.82, 2.24) is 9.66 Å². The summed E-state index contributed by atoms with van der Waals surface area (Å²) in [4.78, 5) is 28.8. The molecule has 3 rings (SSSR count). The van der Waals surface area contributed by atoms with E-state index in [0.717, 1.165) is 10.9 Å². The average molecular weight is 614 g/mol. The number of aromatic nitrogens is 2. The van der Waals surface area contributed by atoms with E-state index in [1.165, 1.54) is 11.8 Å². The van der Waals surface area contributed by atoms with Gasteiger partial charge in [0.25, 0.3) is 5.56 Å². The highest BCUT2D eigenvalue weighted by molar-refractivity contribution is 14.1. The molecular weight excluding hydrogens is 593 g/mol. The zero-order valence-corrected chi connectivity index (χ0v) is 21.4. The fourth-order valence-corrected chi connectivity index (χ4v) is 4.13. The second kappa shape index (κ2) is 10.4. The van der Waals surface area contributed by atoms with Crippen LogP contribution < -0.4 is 15.0 Å². The highest BCUT2D eigenvalue weighted by Crippen LogP contribution is 2.33. The third-order valence-corrected chi connectivity index (χ3v) is 6.10. The number of hydrogen-bond donors (Lipinski definition) is 1. The normalized spacial score (nSPS) is 12.3. The number of benzene rings is 2. The number of carbonyl (C=O) groups is 1. The van der Waals surface area contributed by atoms with Crippen LogP contribution in [0.5, 0.6) is 11.5 Å². The molecule has 0 fully saturated rings. The van der Waals surface area contributed by atoms with Crippen LogP contribution in [0, 0.1) is 3.57 Å². The molecule has 0 bridgehead atoms. The Morgan fingerprint density at radius 3 is 2.78 bits per heavy atom. The maximum atomic E-state index is 13.2. The van der Waals surface area contributed by atoms with Crippen molar-refractivity contribution in [3.63, 3.8) is 0 Å². The molecule has 8 nitrogen and oxygen atoms in total. The van der Waals surface area contributed by atoms with Crippen LogP contribution in [0.25, 0.3) is 10.9 Å². The summed E-state index contributed by atoms with van der Waals surface area (Å²) in [6.45, 7) is 3.55.